The summed E-state index contributed by atoms with van der Waals surface area (Å²) < 4.78 is 88.8. The molecular weight excluding hydrogens is 582 g/mol. The van der Waals surface area contributed by atoms with Crippen LogP contribution < -0.4 is 14.8 Å². The van der Waals surface area contributed by atoms with Gasteiger partial charge in [-0.2, -0.15) is 18.4 Å². The van der Waals surface area contributed by atoms with E-state index in [4.69, 9.17) is 9.84 Å². The first-order chi connectivity index (χ1) is 20.2. The van der Waals surface area contributed by atoms with Crippen LogP contribution in [0.25, 0.3) is 0 Å². The van der Waals surface area contributed by atoms with Gasteiger partial charge in [0.25, 0.3) is 5.91 Å². The zero-order valence-electron chi connectivity index (χ0n) is 22.6. The second-order valence-corrected chi connectivity index (χ2v) is 9.43. The Morgan fingerprint density at radius 1 is 0.930 bits per heavy atom. The number of halogens is 6. The largest absolute Gasteiger partial charge is 0.573 e. The number of ether oxygens (including phenoxy) is 2. The second kappa shape index (κ2) is 14.0. The van der Waals surface area contributed by atoms with E-state index in [0.717, 1.165) is 24.3 Å². The zero-order valence-corrected chi connectivity index (χ0v) is 22.6. The molecule has 1 amide bonds. The van der Waals surface area contributed by atoms with Gasteiger partial charge in [0.2, 0.25) is 0 Å². The molecule has 0 radical (unpaired) electrons. The van der Waals surface area contributed by atoms with E-state index < -0.39 is 47.7 Å². The van der Waals surface area contributed by atoms with E-state index in [-0.39, 0.29) is 29.8 Å². The third-order valence-corrected chi connectivity index (χ3v) is 6.26. The lowest BCUT2D eigenvalue weighted by Gasteiger charge is -2.29. The number of carboxylic acids is 1. The van der Waals surface area contributed by atoms with Crippen LogP contribution in [0, 0.1) is 11.3 Å². The summed E-state index contributed by atoms with van der Waals surface area (Å²) in [7, 11) is 0. The number of amides is 1. The fourth-order valence-corrected chi connectivity index (χ4v) is 4.35. The van der Waals surface area contributed by atoms with E-state index in [1.807, 2.05) is 6.92 Å². The highest BCUT2D eigenvalue weighted by Crippen LogP contribution is 2.41. The van der Waals surface area contributed by atoms with Gasteiger partial charge in [0.15, 0.2) is 0 Å². The molecule has 7 nitrogen and oxygen atoms in total. The minimum atomic E-state index is -4.93. The van der Waals surface area contributed by atoms with E-state index in [1.165, 1.54) is 24.3 Å². The molecule has 3 aromatic rings. The first-order valence-corrected chi connectivity index (χ1v) is 12.9. The van der Waals surface area contributed by atoms with Gasteiger partial charge in [-0.3, -0.25) is 9.59 Å². The molecule has 0 fully saturated rings. The third kappa shape index (κ3) is 9.66. The lowest BCUT2D eigenvalue weighted by Crippen LogP contribution is -2.26. The number of alkyl halides is 6. The maximum absolute atomic E-state index is 13.6. The maximum Gasteiger partial charge on any atom is 0.573 e. The number of carbonyl (C=O) groups excluding carboxylic acids is 1. The lowest BCUT2D eigenvalue weighted by atomic mass is 9.85. The van der Waals surface area contributed by atoms with Crippen molar-refractivity contribution in [2.45, 2.75) is 50.7 Å². The van der Waals surface area contributed by atoms with Gasteiger partial charge in [0, 0.05) is 18.0 Å². The number of carbonyl (C=O) groups is 2. The molecule has 0 saturated carbocycles. The number of carboxylic acid groups (broad SMARTS) is 1. The standard InChI is InChI=1S/C30H26F6N2O5/c1-2-3-25(19-4-6-21(7-5-19)28(41)38-13-12-26(39)40)27(20-8-10-23(11-9-20)43-30(34,35)36)42-24-15-18(17-37)14-22(16-24)29(31,32)33/h4-11,14-16,25,27H,2-3,12-13H2,1H3,(H,38,41)(H,39,40). The van der Waals surface area contributed by atoms with Gasteiger partial charge in [-0.05, 0) is 60.0 Å². The molecule has 0 aliphatic carbocycles. The number of aliphatic carboxylic acids is 1. The van der Waals surface area contributed by atoms with E-state index in [9.17, 15) is 41.2 Å². The van der Waals surface area contributed by atoms with E-state index in [0.29, 0.717) is 30.0 Å². The average Bonchev–Trinajstić information content (AvgIpc) is 2.94. The Morgan fingerprint density at radius 2 is 1.56 bits per heavy atom. The highest BCUT2D eigenvalue weighted by molar-refractivity contribution is 5.94. The molecule has 0 aliphatic heterocycles. The minimum Gasteiger partial charge on any atom is -0.485 e. The van der Waals surface area contributed by atoms with Crippen molar-refractivity contribution in [1.82, 2.24) is 5.32 Å². The Morgan fingerprint density at radius 3 is 2.09 bits per heavy atom. The van der Waals surface area contributed by atoms with Crippen molar-refractivity contribution in [2.24, 2.45) is 0 Å². The highest BCUT2D eigenvalue weighted by atomic mass is 19.4. The van der Waals surface area contributed by atoms with Crippen molar-refractivity contribution >= 4 is 11.9 Å². The van der Waals surface area contributed by atoms with Crippen LogP contribution in [0.4, 0.5) is 26.3 Å². The van der Waals surface area contributed by atoms with Crippen LogP contribution in [0.1, 0.15) is 70.8 Å². The SMILES string of the molecule is CCCC(c1ccc(C(=O)NCCC(=O)O)cc1)C(Oc1cc(C#N)cc(C(F)(F)F)c1)c1ccc(OC(F)(F)F)cc1. The van der Waals surface area contributed by atoms with Crippen LogP contribution in [-0.4, -0.2) is 29.9 Å². The number of benzene rings is 3. The molecule has 0 saturated heterocycles. The van der Waals surface area contributed by atoms with Crippen molar-refractivity contribution in [3.63, 3.8) is 0 Å². The summed E-state index contributed by atoms with van der Waals surface area (Å²) in [6, 6.07) is 15.1. The predicted octanol–water partition coefficient (Wildman–Crippen LogP) is 7.38. The second-order valence-electron chi connectivity index (χ2n) is 9.43. The molecule has 228 valence electrons. The minimum absolute atomic E-state index is 0.0833. The van der Waals surface area contributed by atoms with E-state index in [2.05, 4.69) is 10.1 Å². The quantitative estimate of drug-likeness (QED) is 0.208. The van der Waals surface area contributed by atoms with Gasteiger partial charge in [0.05, 0.1) is 23.6 Å². The third-order valence-electron chi connectivity index (χ3n) is 6.26. The summed E-state index contributed by atoms with van der Waals surface area (Å²) in [5, 5.41) is 20.5. The Balaban J connectivity index is 2.03. The Kier molecular flexibility index (Phi) is 10.6. The van der Waals surface area contributed by atoms with Crippen LogP contribution in [0.2, 0.25) is 0 Å². The topological polar surface area (TPSA) is 109 Å². The molecule has 2 N–H and O–H groups in total. The molecule has 0 aromatic heterocycles. The van der Waals surface area contributed by atoms with Gasteiger partial charge in [0.1, 0.15) is 17.6 Å². The first-order valence-electron chi connectivity index (χ1n) is 12.9. The fourth-order valence-electron chi connectivity index (χ4n) is 4.35. The van der Waals surface area contributed by atoms with Gasteiger partial charge >= 0.3 is 18.5 Å². The molecule has 0 heterocycles. The number of hydrogen-bond acceptors (Lipinski definition) is 5. The molecule has 0 aliphatic rings. The molecule has 3 rings (SSSR count). The molecular formula is C30H26F6N2O5. The molecule has 0 spiro atoms. The Hall–Kier alpha value is -4.73. The normalized spacial score (nSPS) is 13.0. The van der Waals surface area contributed by atoms with Crippen molar-refractivity contribution in [1.29, 1.82) is 5.26 Å². The summed E-state index contributed by atoms with van der Waals surface area (Å²) >= 11 is 0. The van der Waals surface area contributed by atoms with Crippen LogP contribution in [0.15, 0.2) is 66.7 Å². The first kappa shape index (κ1) is 32.8. The van der Waals surface area contributed by atoms with Crippen LogP contribution in [0.5, 0.6) is 11.5 Å². The van der Waals surface area contributed by atoms with E-state index >= 15 is 0 Å². The Bertz CT molecular complexity index is 1450. The van der Waals surface area contributed by atoms with Crippen LogP contribution in [0.3, 0.4) is 0 Å². The van der Waals surface area contributed by atoms with Gasteiger partial charge in [-0.15, -0.1) is 13.2 Å². The number of rotatable bonds is 12. The number of hydrogen-bond donors (Lipinski definition) is 2. The van der Waals surface area contributed by atoms with Gasteiger partial charge < -0.3 is 19.9 Å². The number of nitrogens with zero attached hydrogens (tertiary/aromatic N) is 1. The average molecular weight is 609 g/mol. The molecule has 43 heavy (non-hydrogen) atoms. The molecule has 2 unspecified atom stereocenters. The van der Waals surface area contributed by atoms with Gasteiger partial charge in [-0.25, -0.2) is 0 Å². The lowest BCUT2D eigenvalue weighted by molar-refractivity contribution is -0.274. The van der Waals surface area contributed by atoms with Crippen molar-refractivity contribution in [3.05, 3.63) is 94.5 Å². The van der Waals surface area contributed by atoms with E-state index in [1.54, 1.807) is 18.2 Å². The van der Waals surface area contributed by atoms with Crippen molar-refractivity contribution in [2.75, 3.05) is 6.54 Å². The maximum atomic E-state index is 13.6. The van der Waals surface area contributed by atoms with Crippen molar-refractivity contribution in [3.8, 4) is 17.6 Å². The number of nitrogens with one attached hydrogen (secondary N) is 1. The smallest absolute Gasteiger partial charge is 0.485 e. The van der Waals surface area contributed by atoms with Gasteiger partial charge in [-0.1, -0.05) is 37.6 Å². The summed E-state index contributed by atoms with van der Waals surface area (Å²) in [6.45, 7) is 1.77. The zero-order chi connectivity index (χ0) is 31.8. The van der Waals surface area contributed by atoms with Crippen LogP contribution in [-0.2, 0) is 11.0 Å². The fraction of sp³-hybridized carbons (Fsp3) is 0.300. The van der Waals surface area contributed by atoms with Crippen molar-refractivity contribution < 1.29 is 50.5 Å². The monoisotopic (exact) mass is 608 g/mol. The molecule has 3 aromatic carbocycles. The molecule has 2 atom stereocenters. The molecule has 0 bridgehead atoms. The summed E-state index contributed by atoms with van der Waals surface area (Å²) in [5.41, 5.74) is -0.259. The summed E-state index contributed by atoms with van der Waals surface area (Å²) in [5.74, 6) is -2.94. The highest BCUT2D eigenvalue weighted by Gasteiger charge is 2.34. The predicted molar refractivity (Wildman–Crippen MR) is 141 cm³/mol. The summed E-state index contributed by atoms with van der Waals surface area (Å²) in [4.78, 5) is 23.1. The summed E-state index contributed by atoms with van der Waals surface area (Å²) in [6.07, 6.45) is -10.0. The number of nitriles is 1. The van der Waals surface area contributed by atoms with Crippen LogP contribution >= 0.6 is 0 Å². The molecule has 13 heteroatoms. The Labute approximate surface area is 242 Å².